The van der Waals surface area contributed by atoms with Gasteiger partial charge in [-0.1, -0.05) is 0 Å². The molecule has 2 aliphatic rings. The number of nitrogens with zero attached hydrogens (tertiary/aromatic N) is 1. The molecule has 3 atom stereocenters. The normalized spacial score (nSPS) is 34.0. The van der Waals surface area contributed by atoms with Gasteiger partial charge in [0.15, 0.2) is 0 Å². The van der Waals surface area contributed by atoms with Crippen LogP contribution in [0.4, 0.5) is 4.79 Å². The van der Waals surface area contributed by atoms with E-state index in [0.717, 1.165) is 25.9 Å². The molecule has 0 aromatic heterocycles. The lowest BCUT2D eigenvalue weighted by Crippen LogP contribution is -2.37. The molecule has 4 nitrogen and oxygen atoms in total. The predicted molar refractivity (Wildman–Crippen MR) is 62.0 cm³/mol. The van der Waals surface area contributed by atoms with E-state index in [1.165, 1.54) is 0 Å². The first-order valence-corrected chi connectivity index (χ1v) is 6.10. The molecule has 1 saturated carbocycles. The van der Waals surface area contributed by atoms with Gasteiger partial charge in [-0.15, -0.1) is 0 Å². The Bertz CT molecular complexity index is 285. The van der Waals surface area contributed by atoms with Gasteiger partial charge in [-0.05, 0) is 45.4 Å². The van der Waals surface area contributed by atoms with Crippen LogP contribution in [-0.4, -0.2) is 35.7 Å². The fourth-order valence-electron chi connectivity index (χ4n) is 2.78. The van der Waals surface area contributed by atoms with Gasteiger partial charge in [0.1, 0.15) is 5.60 Å². The van der Waals surface area contributed by atoms with Crippen molar-refractivity contribution in [3.05, 3.63) is 0 Å². The average Bonchev–Trinajstić information content (AvgIpc) is 2.65. The number of rotatable bonds is 0. The lowest BCUT2D eigenvalue weighted by Gasteiger charge is -2.25. The number of nitrogens with two attached hydrogens (primary N) is 1. The fourth-order valence-corrected chi connectivity index (χ4v) is 2.78. The Labute approximate surface area is 97.1 Å². The highest BCUT2D eigenvalue weighted by molar-refractivity contribution is 5.68. The highest BCUT2D eigenvalue weighted by Gasteiger charge is 2.43. The second kappa shape index (κ2) is 3.91. The van der Waals surface area contributed by atoms with Crippen molar-refractivity contribution in [2.75, 3.05) is 13.1 Å². The zero-order valence-corrected chi connectivity index (χ0v) is 10.4. The Balaban J connectivity index is 1.92. The van der Waals surface area contributed by atoms with Crippen LogP contribution in [0.3, 0.4) is 0 Å². The van der Waals surface area contributed by atoms with Crippen molar-refractivity contribution >= 4 is 6.09 Å². The molecule has 16 heavy (non-hydrogen) atoms. The van der Waals surface area contributed by atoms with Gasteiger partial charge in [-0.3, -0.25) is 0 Å². The first kappa shape index (κ1) is 11.7. The molecule has 0 bridgehead atoms. The van der Waals surface area contributed by atoms with Crippen molar-refractivity contribution in [1.82, 2.24) is 4.90 Å². The van der Waals surface area contributed by atoms with Crippen LogP contribution in [0.1, 0.15) is 33.6 Å². The molecular formula is C12H22N2O2. The van der Waals surface area contributed by atoms with Crippen LogP contribution in [0.25, 0.3) is 0 Å². The standard InChI is InChI=1S/C12H22N2O2/c1-12(2,3)16-11(15)14-6-8-4-5-10(13)9(8)7-14/h8-10H,4-7,13H2,1-3H3/t8-,9+,10?/m1/s1. The van der Waals surface area contributed by atoms with Gasteiger partial charge in [0.2, 0.25) is 0 Å². The summed E-state index contributed by atoms with van der Waals surface area (Å²) < 4.78 is 5.37. The van der Waals surface area contributed by atoms with E-state index in [-0.39, 0.29) is 12.1 Å². The lowest BCUT2D eigenvalue weighted by atomic mass is 9.98. The average molecular weight is 226 g/mol. The SMILES string of the molecule is CC(C)(C)OC(=O)N1C[C@H]2CCC(N)[C@H]2C1. The minimum atomic E-state index is -0.406. The largest absolute Gasteiger partial charge is 0.444 e. The minimum Gasteiger partial charge on any atom is -0.444 e. The van der Waals surface area contributed by atoms with Crippen LogP contribution >= 0.6 is 0 Å². The first-order valence-electron chi connectivity index (χ1n) is 6.10. The monoisotopic (exact) mass is 226 g/mol. The molecule has 1 aliphatic heterocycles. The molecule has 1 saturated heterocycles. The van der Waals surface area contributed by atoms with Crippen molar-refractivity contribution in [1.29, 1.82) is 0 Å². The van der Waals surface area contributed by atoms with Gasteiger partial charge in [-0.2, -0.15) is 0 Å². The third-order valence-corrected chi connectivity index (χ3v) is 3.56. The first-order chi connectivity index (χ1) is 7.37. The molecule has 2 N–H and O–H groups in total. The van der Waals surface area contributed by atoms with E-state index < -0.39 is 5.60 Å². The number of carbonyl (C=O) groups excluding carboxylic acids is 1. The van der Waals surface area contributed by atoms with Crippen LogP contribution in [0, 0.1) is 11.8 Å². The van der Waals surface area contributed by atoms with Crippen LogP contribution in [-0.2, 0) is 4.74 Å². The Kier molecular flexibility index (Phi) is 2.86. The molecule has 1 amide bonds. The molecule has 1 unspecified atom stereocenters. The van der Waals surface area contributed by atoms with E-state index in [1.807, 2.05) is 25.7 Å². The van der Waals surface area contributed by atoms with Crippen LogP contribution in [0.5, 0.6) is 0 Å². The Morgan fingerprint density at radius 3 is 2.56 bits per heavy atom. The number of hydrogen-bond donors (Lipinski definition) is 1. The van der Waals surface area contributed by atoms with Crippen LogP contribution < -0.4 is 5.73 Å². The van der Waals surface area contributed by atoms with E-state index >= 15 is 0 Å². The highest BCUT2D eigenvalue weighted by atomic mass is 16.6. The molecule has 1 aliphatic carbocycles. The van der Waals surface area contributed by atoms with Crippen LogP contribution in [0.2, 0.25) is 0 Å². The van der Waals surface area contributed by atoms with Gasteiger partial charge in [0, 0.05) is 19.1 Å². The maximum Gasteiger partial charge on any atom is 0.410 e. The summed E-state index contributed by atoms with van der Waals surface area (Å²) in [6.07, 6.45) is 2.08. The quantitative estimate of drug-likeness (QED) is 0.682. The second-order valence-electron chi connectivity index (χ2n) is 6.05. The van der Waals surface area contributed by atoms with Gasteiger partial charge < -0.3 is 15.4 Å². The number of carbonyl (C=O) groups is 1. The number of hydrogen-bond acceptors (Lipinski definition) is 3. The lowest BCUT2D eigenvalue weighted by molar-refractivity contribution is 0.0279. The van der Waals surface area contributed by atoms with E-state index in [2.05, 4.69) is 0 Å². The van der Waals surface area contributed by atoms with Crippen molar-refractivity contribution in [2.24, 2.45) is 17.6 Å². The van der Waals surface area contributed by atoms with E-state index in [9.17, 15) is 4.79 Å². The number of amides is 1. The number of fused-ring (bicyclic) bond motifs is 1. The molecule has 2 rings (SSSR count). The predicted octanol–water partition coefficient (Wildman–Crippen LogP) is 1.59. The van der Waals surface area contributed by atoms with Gasteiger partial charge in [0.25, 0.3) is 0 Å². The molecule has 2 fully saturated rings. The molecule has 92 valence electrons. The molecular weight excluding hydrogens is 204 g/mol. The summed E-state index contributed by atoms with van der Waals surface area (Å²) in [7, 11) is 0. The summed E-state index contributed by atoms with van der Waals surface area (Å²) in [5.41, 5.74) is 5.62. The van der Waals surface area contributed by atoms with Crippen molar-refractivity contribution in [3.8, 4) is 0 Å². The molecule has 0 radical (unpaired) electrons. The number of likely N-dealkylation sites (tertiary alicyclic amines) is 1. The van der Waals surface area contributed by atoms with Crippen molar-refractivity contribution < 1.29 is 9.53 Å². The number of ether oxygens (including phenoxy) is 1. The van der Waals surface area contributed by atoms with E-state index in [1.54, 1.807) is 0 Å². The zero-order valence-electron chi connectivity index (χ0n) is 10.4. The molecule has 0 aromatic carbocycles. The summed E-state index contributed by atoms with van der Waals surface area (Å²) in [6.45, 7) is 7.29. The Morgan fingerprint density at radius 1 is 1.31 bits per heavy atom. The smallest absolute Gasteiger partial charge is 0.410 e. The minimum absolute atomic E-state index is 0.186. The Hall–Kier alpha value is -0.770. The highest BCUT2D eigenvalue weighted by Crippen LogP contribution is 2.37. The Morgan fingerprint density at radius 2 is 2.00 bits per heavy atom. The third kappa shape index (κ3) is 2.32. The summed E-state index contributed by atoms with van der Waals surface area (Å²) in [5.74, 6) is 1.09. The molecule has 4 heteroatoms. The third-order valence-electron chi connectivity index (χ3n) is 3.56. The van der Waals surface area contributed by atoms with E-state index in [4.69, 9.17) is 10.5 Å². The molecule has 0 spiro atoms. The van der Waals surface area contributed by atoms with Gasteiger partial charge >= 0.3 is 6.09 Å². The van der Waals surface area contributed by atoms with E-state index in [0.29, 0.717) is 11.8 Å². The van der Waals surface area contributed by atoms with Gasteiger partial charge in [-0.25, -0.2) is 4.79 Å². The fraction of sp³-hybridized carbons (Fsp3) is 0.917. The maximum absolute atomic E-state index is 11.9. The molecule has 1 heterocycles. The maximum atomic E-state index is 11.9. The summed E-state index contributed by atoms with van der Waals surface area (Å²) >= 11 is 0. The van der Waals surface area contributed by atoms with Crippen molar-refractivity contribution in [2.45, 2.75) is 45.3 Å². The van der Waals surface area contributed by atoms with Gasteiger partial charge in [0.05, 0.1) is 0 Å². The zero-order chi connectivity index (χ0) is 11.9. The summed E-state index contributed by atoms with van der Waals surface area (Å²) in [4.78, 5) is 13.7. The van der Waals surface area contributed by atoms with Crippen molar-refractivity contribution in [3.63, 3.8) is 0 Å². The topological polar surface area (TPSA) is 55.6 Å². The summed E-state index contributed by atoms with van der Waals surface area (Å²) in [5, 5.41) is 0. The second-order valence-corrected chi connectivity index (χ2v) is 6.05. The van der Waals surface area contributed by atoms with Crippen LogP contribution in [0.15, 0.2) is 0 Å². The summed E-state index contributed by atoms with van der Waals surface area (Å²) in [6, 6.07) is 0.275. The molecule has 0 aromatic rings.